The van der Waals surface area contributed by atoms with Gasteiger partial charge in [-0.05, 0) is 42.3 Å². The van der Waals surface area contributed by atoms with Crippen LogP contribution in [0.4, 0.5) is 13.2 Å². The first-order chi connectivity index (χ1) is 15.5. The molecule has 0 atom stereocenters. The highest BCUT2D eigenvalue weighted by molar-refractivity contribution is 7.14. The van der Waals surface area contributed by atoms with Crippen LogP contribution in [0.2, 0.25) is 0 Å². The molecule has 0 unspecified atom stereocenters. The molecule has 0 spiro atoms. The molecule has 0 aliphatic carbocycles. The van der Waals surface area contributed by atoms with E-state index in [1.165, 1.54) is 28.3 Å². The van der Waals surface area contributed by atoms with Crippen molar-refractivity contribution in [2.45, 2.75) is 19.1 Å². The van der Waals surface area contributed by atoms with E-state index in [1.807, 2.05) is 6.07 Å². The highest BCUT2D eigenvalue weighted by Crippen LogP contribution is 2.25. The van der Waals surface area contributed by atoms with Gasteiger partial charge >= 0.3 is 18.1 Å². The van der Waals surface area contributed by atoms with Crippen LogP contribution in [0.1, 0.15) is 30.5 Å². The summed E-state index contributed by atoms with van der Waals surface area (Å²) in [6.45, 7) is 1.15. The van der Waals surface area contributed by atoms with Crippen molar-refractivity contribution in [1.82, 2.24) is 10.6 Å². The molecule has 0 saturated heterocycles. The maximum Gasteiger partial charge on any atom is 0.490 e. The molecule has 1 aromatic heterocycles. The van der Waals surface area contributed by atoms with Crippen molar-refractivity contribution < 1.29 is 47.3 Å². The zero-order valence-electron chi connectivity index (χ0n) is 16.9. The zero-order chi connectivity index (χ0) is 24.6. The summed E-state index contributed by atoms with van der Waals surface area (Å²) in [6.07, 6.45) is -4.16. The molecule has 13 heteroatoms. The molecular formula is C20H19F3N2O7S. The molecule has 1 amide bonds. The van der Waals surface area contributed by atoms with E-state index in [4.69, 9.17) is 19.7 Å². The Hall–Kier alpha value is -3.45. The van der Waals surface area contributed by atoms with Gasteiger partial charge in [-0.3, -0.25) is 9.59 Å². The number of carbonyl (C=O) groups is 4. The molecule has 0 radical (unpaired) electrons. The minimum atomic E-state index is -5.08. The quantitative estimate of drug-likeness (QED) is 0.434. The number of alkyl halides is 3. The minimum Gasteiger partial charge on any atom is -0.482 e. The van der Waals surface area contributed by atoms with Crippen molar-refractivity contribution >= 4 is 35.0 Å². The monoisotopic (exact) mass is 488 g/mol. The van der Waals surface area contributed by atoms with Gasteiger partial charge in [0.05, 0.1) is 11.4 Å². The Balaban J connectivity index is 0.000000479. The number of aliphatic carboxylic acids is 2. The number of ether oxygens (including phenoxy) is 1. The van der Waals surface area contributed by atoms with Gasteiger partial charge < -0.3 is 25.6 Å². The third kappa shape index (κ3) is 8.20. The molecule has 1 aliphatic rings. The molecule has 3 rings (SSSR count). The molecular weight excluding hydrogens is 469 g/mol. The fourth-order valence-corrected chi connectivity index (χ4v) is 3.69. The number of carbonyl (C=O) groups excluding carboxylic acids is 2. The first-order valence-electron chi connectivity index (χ1n) is 9.36. The number of hydrogen-bond acceptors (Lipinski definition) is 7. The number of fused-ring (bicyclic) bond motifs is 1. The summed E-state index contributed by atoms with van der Waals surface area (Å²) in [4.78, 5) is 45.6. The van der Waals surface area contributed by atoms with Crippen LogP contribution in [0.15, 0.2) is 30.3 Å². The second-order valence-electron chi connectivity index (χ2n) is 6.60. The first-order valence-corrected chi connectivity index (χ1v) is 10.2. The number of Topliss-reactive ketones (excluding diaryl/α,β-unsaturated/α-hetero) is 1. The predicted octanol–water partition coefficient (Wildman–Crippen LogP) is 2.10. The Labute approximate surface area is 189 Å². The van der Waals surface area contributed by atoms with Crippen LogP contribution in [0, 0.1) is 0 Å². The Morgan fingerprint density at radius 3 is 2.30 bits per heavy atom. The van der Waals surface area contributed by atoms with Crippen LogP contribution in [-0.2, 0) is 22.6 Å². The molecule has 1 aliphatic heterocycles. The lowest BCUT2D eigenvalue weighted by atomic mass is 10.1. The molecule has 0 fully saturated rings. The Morgan fingerprint density at radius 1 is 1.12 bits per heavy atom. The van der Waals surface area contributed by atoms with Crippen LogP contribution >= 0.6 is 11.3 Å². The second kappa shape index (κ2) is 11.4. The van der Waals surface area contributed by atoms with Crippen LogP contribution in [-0.4, -0.2) is 59.7 Å². The number of carboxylic acids is 2. The molecule has 178 valence electrons. The van der Waals surface area contributed by atoms with E-state index in [1.54, 1.807) is 12.1 Å². The largest absolute Gasteiger partial charge is 0.490 e. The van der Waals surface area contributed by atoms with Gasteiger partial charge in [0, 0.05) is 23.5 Å². The van der Waals surface area contributed by atoms with Gasteiger partial charge in [-0.15, -0.1) is 11.3 Å². The Bertz CT molecular complexity index is 996. The lowest BCUT2D eigenvalue weighted by molar-refractivity contribution is -0.192. The van der Waals surface area contributed by atoms with Crippen LogP contribution in [0.5, 0.6) is 5.75 Å². The summed E-state index contributed by atoms with van der Waals surface area (Å²) in [7, 11) is 0. The summed E-state index contributed by atoms with van der Waals surface area (Å²) in [5.41, 5.74) is 1.57. The third-order valence-corrected chi connectivity index (χ3v) is 5.39. The molecule has 2 aromatic rings. The molecule has 0 saturated carbocycles. The van der Waals surface area contributed by atoms with Crippen LogP contribution in [0.3, 0.4) is 0 Å². The normalized spacial score (nSPS) is 12.6. The Morgan fingerprint density at radius 2 is 1.76 bits per heavy atom. The van der Waals surface area contributed by atoms with Gasteiger partial charge in [-0.2, -0.15) is 13.2 Å². The van der Waals surface area contributed by atoms with Crippen molar-refractivity contribution in [3.63, 3.8) is 0 Å². The smallest absolute Gasteiger partial charge is 0.482 e. The van der Waals surface area contributed by atoms with E-state index in [9.17, 15) is 27.6 Å². The standard InChI is InChI=1S/C18H18N2O5S.C2HF3O2/c21-14(11-1-3-13(4-2-11)25-10-17(22)23)9-20-18(24)16-7-12-8-19-6-5-15(12)26-16;3-2(4,5)1(6)7/h1-4,7,19H,5-6,8-10H2,(H,20,24)(H,22,23);(H,6,7). The maximum absolute atomic E-state index is 12.3. The molecule has 1 aromatic carbocycles. The van der Waals surface area contributed by atoms with Crippen molar-refractivity contribution in [2.24, 2.45) is 0 Å². The maximum atomic E-state index is 12.3. The number of carboxylic acid groups (broad SMARTS) is 2. The van der Waals surface area contributed by atoms with Gasteiger partial charge in [0.1, 0.15) is 5.75 Å². The van der Waals surface area contributed by atoms with Crippen molar-refractivity contribution in [3.05, 3.63) is 51.2 Å². The van der Waals surface area contributed by atoms with Gasteiger partial charge in [0.15, 0.2) is 12.4 Å². The van der Waals surface area contributed by atoms with Gasteiger partial charge in [0.25, 0.3) is 5.91 Å². The summed E-state index contributed by atoms with van der Waals surface area (Å²) in [5.74, 6) is -3.94. The number of amides is 1. The SMILES string of the molecule is O=C(O)C(F)(F)F.O=C(O)COc1ccc(C(=O)CNC(=O)c2cc3c(s2)CCNC3)cc1. The summed E-state index contributed by atoms with van der Waals surface area (Å²) in [6, 6.07) is 8.01. The van der Waals surface area contributed by atoms with E-state index in [2.05, 4.69) is 10.6 Å². The van der Waals surface area contributed by atoms with E-state index in [0.29, 0.717) is 16.2 Å². The van der Waals surface area contributed by atoms with Crippen molar-refractivity contribution in [1.29, 1.82) is 0 Å². The lowest BCUT2D eigenvalue weighted by Gasteiger charge is -2.10. The number of rotatable bonds is 7. The zero-order valence-corrected chi connectivity index (χ0v) is 17.7. The molecule has 33 heavy (non-hydrogen) atoms. The number of hydrogen-bond donors (Lipinski definition) is 4. The summed E-state index contributed by atoms with van der Waals surface area (Å²) in [5, 5.41) is 21.6. The number of halogens is 3. The minimum absolute atomic E-state index is 0.102. The highest BCUT2D eigenvalue weighted by Gasteiger charge is 2.38. The van der Waals surface area contributed by atoms with E-state index in [0.717, 1.165) is 25.1 Å². The average Bonchev–Trinajstić information content (AvgIpc) is 3.20. The number of nitrogens with one attached hydrogen (secondary N) is 2. The van der Waals surface area contributed by atoms with Gasteiger partial charge in [0.2, 0.25) is 0 Å². The van der Waals surface area contributed by atoms with Crippen LogP contribution in [0.25, 0.3) is 0 Å². The highest BCUT2D eigenvalue weighted by atomic mass is 32.1. The summed E-state index contributed by atoms with van der Waals surface area (Å²) < 4.78 is 36.7. The van der Waals surface area contributed by atoms with E-state index >= 15 is 0 Å². The molecule has 2 heterocycles. The predicted molar refractivity (Wildman–Crippen MR) is 110 cm³/mol. The molecule has 0 bridgehead atoms. The van der Waals surface area contributed by atoms with Crippen molar-refractivity contribution in [2.75, 3.05) is 19.7 Å². The number of thiophene rings is 1. The van der Waals surface area contributed by atoms with Crippen molar-refractivity contribution in [3.8, 4) is 5.75 Å². The molecule has 4 N–H and O–H groups in total. The number of benzene rings is 1. The van der Waals surface area contributed by atoms with Gasteiger partial charge in [-0.1, -0.05) is 0 Å². The fraction of sp³-hybridized carbons (Fsp3) is 0.300. The summed E-state index contributed by atoms with van der Waals surface area (Å²) >= 11 is 1.47. The lowest BCUT2D eigenvalue weighted by Crippen LogP contribution is -2.29. The van der Waals surface area contributed by atoms with Gasteiger partial charge in [-0.25, -0.2) is 9.59 Å². The second-order valence-corrected chi connectivity index (χ2v) is 7.74. The van der Waals surface area contributed by atoms with Crippen LogP contribution < -0.4 is 15.4 Å². The third-order valence-electron chi connectivity index (χ3n) is 4.16. The average molecular weight is 488 g/mol. The topological polar surface area (TPSA) is 142 Å². The number of ketones is 1. The molecule has 9 nitrogen and oxygen atoms in total. The van der Waals surface area contributed by atoms with E-state index < -0.39 is 24.7 Å². The van der Waals surface area contributed by atoms with E-state index in [-0.39, 0.29) is 18.2 Å². The Kier molecular flexibility index (Phi) is 8.94. The first kappa shape index (κ1) is 25.8. The fourth-order valence-electron chi connectivity index (χ4n) is 2.60.